The first-order chi connectivity index (χ1) is 4.80. The first-order valence-electron chi connectivity index (χ1n) is 4.16. The summed E-state index contributed by atoms with van der Waals surface area (Å²) in [5, 5.41) is 3.40. The monoisotopic (exact) mass is 139 g/mol. The van der Waals surface area contributed by atoms with Gasteiger partial charge in [0.2, 0.25) is 0 Å². The van der Waals surface area contributed by atoms with Crippen molar-refractivity contribution in [2.24, 2.45) is 0 Å². The fraction of sp³-hybridized carbons (Fsp3) is 0.778. The van der Waals surface area contributed by atoms with Crippen molar-refractivity contribution in [3.63, 3.8) is 0 Å². The molecule has 0 unspecified atom stereocenters. The topological polar surface area (TPSA) is 12.0 Å². The third kappa shape index (κ3) is 2.14. The van der Waals surface area contributed by atoms with E-state index in [2.05, 4.69) is 19.2 Å². The smallest absolute Gasteiger partial charge is 0.00116 e. The SMILES string of the molecule is C/C1=C(\C)CCNCCC1. The Labute approximate surface area is 63.5 Å². The largest absolute Gasteiger partial charge is 0.316 e. The average molecular weight is 139 g/mol. The van der Waals surface area contributed by atoms with E-state index >= 15 is 0 Å². The van der Waals surface area contributed by atoms with Crippen LogP contribution in [0.5, 0.6) is 0 Å². The molecule has 1 aliphatic rings. The Hall–Kier alpha value is -0.300. The molecule has 0 aromatic carbocycles. The summed E-state index contributed by atoms with van der Waals surface area (Å²) in [6.07, 6.45) is 3.84. The molecule has 0 bridgehead atoms. The van der Waals surface area contributed by atoms with Gasteiger partial charge in [0.1, 0.15) is 0 Å². The maximum atomic E-state index is 3.40. The normalized spacial score (nSPS) is 29.4. The van der Waals surface area contributed by atoms with Gasteiger partial charge in [-0.2, -0.15) is 0 Å². The Morgan fingerprint density at radius 2 is 1.70 bits per heavy atom. The molecule has 58 valence electrons. The zero-order chi connectivity index (χ0) is 7.40. The predicted octanol–water partition coefficient (Wildman–Crippen LogP) is 2.10. The Kier molecular flexibility index (Phi) is 2.94. The average Bonchev–Trinajstić information content (AvgIpc) is 1.92. The Morgan fingerprint density at radius 1 is 1.00 bits per heavy atom. The summed E-state index contributed by atoms with van der Waals surface area (Å²) < 4.78 is 0. The molecule has 0 spiro atoms. The van der Waals surface area contributed by atoms with Crippen LogP contribution in [0.2, 0.25) is 0 Å². The quantitative estimate of drug-likeness (QED) is 0.507. The van der Waals surface area contributed by atoms with Crippen molar-refractivity contribution in [3.8, 4) is 0 Å². The second kappa shape index (κ2) is 3.77. The maximum Gasteiger partial charge on any atom is -0.00116 e. The lowest BCUT2D eigenvalue weighted by atomic mass is 10.0. The number of nitrogens with one attached hydrogen (secondary N) is 1. The van der Waals surface area contributed by atoms with Crippen molar-refractivity contribution in [3.05, 3.63) is 11.1 Å². The molecule has 0 aromatic rings. The van der Waals surface area contributed by atoms with E-state index in [1.165, 1.54) is 32.4 Å². The van der Waals surface area contributed by atoms with Crippen LogP contribution in [0.4, 0.5) is 0 Å². The summed E-state index contributed by atoms with van der Waals surface area (Å²) in [5.74, 6) is 0. The van der Waals surface area contributed by atoms with E-state index in [-0.39, 0.29) is 0 Å². The van der Waals surface area contributed by atoms with E-state index in [1.807, 2.05) is 0 Å². The van der Waals surface area contributed by atoms with E-state index < -0.39 is 0 Å². The van der Waals surface area contributed by atoms with Gasteiger partial charge >= 0.3 is 0 Å². The van der Waals surface area contributed by atoms with E-state index in [1.54, 1.807) is 11.1 Å². The third-order valence-corrected chi connectivity index (χ3v) is 2.31. The molecular weight excluding hydrogens is 122 g/mol. The van der Waals surface area contributed by atoms with Crippen molar-refractivity contribution in [2.45, 2.75) is 33.1 Å². The minimum absolute atomic E-state index is 1.17. The third-order valence-electron chi connectivity index (χ3n) is 2.31. The van der Waals surface area contributed by atoms with Gasteiger partial charge in [-0.3, -0.25) is 0 Å². The van der Waals surface area contributed by atoms with Gasteiger partial charge in [-0.25, -0.2) is 0 Å². The van der Waals surface area contributed by atoms with Gasteiger partial charge in [0.05, 0.1) is 0 Å². The first-order valence-corrected chi connectivity index (χ1v) is 4.16. The number of allylic oxidation sites excluding steroid dienone is 1. The molecule has 1 aliphatic heterocycles. The summed E-state index contributed by atoms with van der Waals surface area (Å²) >= 11 is 0. The highest BCUT2D eigenvalue weighted by Crippen LogP contribution is 2.13. The van der Waals surface area contributed by atoms with Crippen molar-refractivity contribution in [2.75, 3.05) is 13.1 Å². The van der Waals surface area contributed by atoms with Crippen molar-refractivity contribution in [1.82, 2.24) is 5.32 Å². The molecule has 1 nitrogen and oxygen atoms in total. The zero-order valence-corrected chi connectivity index (χ0v) is 7.04. The molecule has 0 atom stereocenters. The summed E-state index contributed by atoms with van der Waals surface area (Å²) in [6, 6.07) is 0. The molecule has 1 rings (SSSR count). The van der Waals surface area contributed by atoms with Crippen LogP contribution in [-0.4, -0.2) is 13.1 Å². The van der Waals surface area contributed by atoms with E-state index in [0.717, 1.165) is 0 Å². The standard InChI is InChI=1S/C9H17N/c1-8-4-3-6-10-7-5-9(8)2/h10H,3-7H2,1-2H3/b9-8-. The van der Waals surface area contributed by atoms with E-state index in [4.69, 9.17) is 0 Å². The van der Waals surface area contributed by atoms with E-state index in [0.29, 0.717) is 0 Å². The Bertz CT molecular complexity index is 120. The van der Waals surface area contributed by atoms with Crippen LogP contribution in [0.1, 0.15) is 33.1 Å². The highest BCUT2D eigenvalue weighted by molar-refractivity contribution is 5.10. The molecule has 0 saturated carbocycles. The Morgan fingerprint density at radius 3 is 2.50 bits per heavy atom. The highest BCUT2D eigenvalue weighted by Gasteiger charge is 2.00. The zero-order valence-electron chi connectivity index (χ0n) is 7.04. The van der Waals surface area contributed by atoms with Crippen molar-refractivity contribution >= 4 is 0 Å². The van der Waals surface area contributed by atoms with Gasteiger partial charge in [-0.15, -0.1) is 0 Å². The van der Waals surface area contributed by atoms with Crippen LogP contribution < -0.4 is 5.32 Å². The lowest BCUT2D eigenvalue weighted by Crippen LogP contribution is -2.19. The van der Waals surface area contributed by atoms with Gasteiger partial charge in [0.15, 0.2) is 0 Å². The second-order valence-electron chi connectivity index (χ2n) is 3.16. The van der Waals surface area contributed by atoms with Crippen molar-refractivity contribution in [1.29, 1.82) is 0 Å². The van der Waals surface area contributed by atoms with E-state index in [9.17, 15) is 0 Å². The van der Waals surface area contributed by atoms with Gasteiger partial charge in [-0.1, -0.05) is 11.1 Å². The van der Waals surface area contributed by atoms with Crippen LogP contribution in [0, 0.1) is 0 Å². The molecule has 0 aliphatic carbocycles. The van der Waals surface area contributed by atoms with Crippen LogP contribution in [0.15, 0.2) is 11.1 Å². The van der Waals surface area contributed by atoms with Gasteiger partial charge < -0.3 is 5.32 Å². The molecule has 1 heteroatoms. The maximum absolute atomic E-state index is 3.40. The van der Waals surface area contributed by atoms with Crippen LogP contribution in [0.25, 0.3) is 0 Å². The van der Waals surface area contributed by atoms with Crippen LogP contribution >= 0.6 is 0 Å². The molecule has 10 heavy (non-hydrogen) atoms. The van der Waals surface area contributed by atoms with Crippen LogP contribution in [0.3, 0.4) is 0 Å². The molecule has 1 heterocycles. The Balaban J connectivity index is 2.51. The first kappa shape index (κ1) is 7.80. The van der Waals surface area contributed by atoms with Gasteiger partial charge in [0, 0.05) is 0 Å². The molecule has 1 N–H and O–H groups in total. The molecule has 0 fully saturated rings. The fourth-order valence-electron chi connectivity index (χ4n) is 1.31. The summed E-state index contributed by atoms with van der Waals surface area (Å²) in [4.78, 5) is 0. The van der Waals surface area contributed by atoms with Crippen LogP contribution in [-0.2, 0) is 0 Å². The molecule has 0 saturated heterocycles. The molecule has 0 radical (unpaired) electrons. The van der Waals surface area contributed by atoms with Crippen molar-refractivity contribution < 1.29 is 0 Å². The minimum atomic E-state index is 1.17. The number of rotatable bonds is 0. The molecule has 0 aromatic heterocycles. The summed E-state index contributed by atoms with van der Waals surface area (Å²) in [7, 11) is 0. The van der Waals surface area contributed by atoms with Gasteiger partial charge in [0.25, 0.3) is 0 Å². The molecule has 0 amide bonds. The lowest BCUT2D eigenvalue weighted by molar-refractivity contribution is 0.620. The fourth-order valence-corrected chi connectivity index (χ4v) is 1.31. The highest BCUT2D eigenvalue weighted by atomic mass is 14.8. The second-order valence-corrected chi connectivity index (χ2v) is 3.16. The number of hydrogen-bond donors (Lipinski definition) is 1. The molecular formula is C9H17N. The summed E-state index contributed by atoms with van der Waals surface area (Å²) in [6.45, 7) is 6.89. The number of hydrogen-bond acceptors (Lipinski definition) is 1. The minimum Gasteiger partial charge on any atom is -0.316 e. The summed E-state index contributed by atoms with van der Waals surface area (Å²) in [5.41, 5.74) is 3.20. The lowest BCUT2D eigenvalue weighted by Gasteiger charge is -2.12. The van der Waals surface area contributed by atoms with Gasteiger partial charge in [-0.05, 0) is 46.2 Å². The predicted molar refractivity (Wildman–Crippen MR) is 45.1 cm³/mol.